The number of rotatable bonds is 8. The molecule has 1 atom stereocenters. The SMILES string of the molecule is Cc1ncc(-c2cc3cc(Nc4cc5n(n4)CC(=O)N(C4CCN(CC6CCN(c7ccc8c(c7F)CN(C7CCC(=O)NC7=O)C8=O)CC6)CC4)CC5)ncc3cc2F)c(C)n1. The molecule has 5 aromatic rings. The van der Waals surface area contributed by atoms with Gasteiger partial charge in [-0.3, -0.25) is 29.2 Å². The molecule has 5 aliphatic heterocycles. The van der Waals surface area contributed by atoms with E-state index in [1.165, 1.54) is 11.0 Å². The Labute approximate surface area is 362 Å². The van der Waals surface area contributed by atoms with Crippen molar-refractivity contribution in [2.75, 3.05) is 49.5 Å². The summed E-state index contributed by atoms with van der Waals surface area (Å²) in [6.45, 7) is 8.67. The number of carbonyl (C=O) groups is 4. The van der Waals surface area contributed by atoms with Gasteiger partial charge in [-0.05, 0) is 87.6 Å². The Kier molecular flexibility index (Phi) is 10.6. The van der Waals surface area contributed by atoms with Gasteiger partial charge in [0.1, 0.15) is 30.0 Å². The first-order valence-electron chi connectivity index (χ1n) is 21.9. The Hall–Kier alpha value is -6.36. The van der Waals surface area contributed by atoms with Crippen molar-refractivity contribution in [3.8, 4) is 11.1 Å². The highest BCUT2D eigenvalue weighted by Gasteiger charge is 2.41. The first-order valence-corrected chi connectivity index (χ1v) is 21.9. The molecule has 0 radical (unpaired) electrons. The summed E-state index contributed by atoms with van der Waals surface area (Å²) in [6, 6.07) is 9.84. The fraction of sp³-hybridized carbons (Fsp3) is 0.435. The zero-order valence-electron chi connectivity index (χ0n) is 35.4. The number of hydrogen-bond donors (Lipinski definition) is 2. The van der Waals surface area contributed by atoms with Gasteiger partial charge in [-0.2, -0.15) is 5.10 Å². The Morgan fingerprint density at radius 3 is 2.37 bits per heavy atom. The standard InChI is InChI=1S/C46H49F2N11O4/c1-26-35(22-49-27(2)51-26)34-17-29-19-40(50-21-30(29)18-37(34)47)52-41-20-32-11-16-57(43(61)25-59(32)54-41)31-9-12-55(13-10-31)23-28-7-14-56(15-8-28)38-4-3-33-36(44(38)48)24-58(46(33)63)39-5-6-42(60)53-45(39)62/h3-4,17-22,28,31,39H,5-16,23-25H2,1-2H3,(H,50,52,54)(H,53,60,62). The number of hydrogen-bond acceptors (Lipinski definition) is 11. The van der Waals surface area contributed by atoms with E-state index in [9.17, 15) is 19.2 Å². The predicted molar refractivity (Wildman–Crippen MR) is 230 cm³/mol. The molecule has 1 unspecified atom stereocenters. The molecule has 63 heavy (non-hydrogen) atoms. The number of imide groups is 1. The van der Waals surface area contributed by atoms with Crippen molar-refractivity contribution in [1.82, 2.24) is 44.7 Å². The molecule has 10 rings (SSSR count). The molecule has 3 fully saturated rings. The van der Waals surface area contributed by atoms with Gasteiger partial charge in [0.05, 0.1) is 12.2 Å². The lowest BCUT2D eigenvalue weighted by Gasteiger charge is -2.41. The molecule has 4 amide bonds. The quantitative estimate of drug-likeness (QED) is 0.201. The van der Waals surface area contributed by atoms with Crippen LogP contribution in [0.4, 0.5) is 26.1 Å². The van der Waals surface area contributed by atoms with Crippen LogP contribution in [0, 0.1) is 31.4 Å². The van der Waals surface area contributed by atoms with E-state index in [-0.39, 0.29) is 61.1 Å². The van der Waals surface area contributed by atoms with Crippen LogP contribution in [0.2, 0.25) is 0 Å². The number of halogens is 2. The monoisotopic (exact) mass is 857 g/mol. The van der Waals surface area contributed by atoms with E-state index in [1.807, 2.05) is 24.0 Å². The van der Waals surface area contributed by atoms with Gasteiger partial charge in [-0.1, -0.05) is 0 Å². The summed E-state index contributed by atoms with van der Waals surface area (Å²) < 4.78 is 32.9. The minimum absolute atomic E-state index is 0.0162. The molecule has 15 nitrogen and oxygen atoms in total. The van der Waals surface area contributed by atoms with Crippen LogP contribution in [0.25, 0.3) is 21.9 Å². The Balaban J connectivity index is 0.704. The molecule has 0 saturated carbocycles. The molecule has 3 saturated heterocycles. The molecule has 8 heterocycles. The maximum Gasteiger partial charge on any atom is 0.255 e. The zero-order valence-corrected chi connectivity index (χ0v) is 35.4. The van der Waals surface area contributed by atoms with E-state index in [2.05, 4.69) is 35.4 Å². The van der Waals surface area contributed by atoms with Crippen LogP contribution in [0.1, 0.15) is 71.7 Å². The molecule has 5 aliphatic rings. The van der Waals surface area contributed by atoms with Gasteiger partial charge in [-0.25, -0.2) is 23.7 Å². The summed E-state index contributed by atoms with van der Waals surface area (Å²) >= 11 is 0. The number of pyridine rings is 1. The fourth-order valence-electron chi connectivity index (χ4n) is 10.2. The minimum Gasteiger partial charge on any atom is -0.369 e. The number of nitrogens with one attached hydrogen (secondary N) is 2. The molecule has 2 N–H and O–H groups in total. The second-order valence-electron chi connectivity index (χ2n) is 17.6. The average molecular weight is 858 g/mol. The van der Waals surface area contributed by atoms with E-state index >= 15 is 8.78 Å². The van der Waals surface area contributed by atoms with E-state index < -0.39 is 17.8 Å². The lowest BCUT2D eigenvalue weighted by atomic mass is 9.93. The van der Waals surface area contributed by atoms with Crippen LogP contribution < -0.4 is 15.5 Å². The molecular weight excluding hydrogens is 809 g/mol. The van der Waals surface area contributed by atoms with Crippen LogP contribution in [0.15, 0.2) is 48.8 Å². The number of benzene rings is 2. The highest BCUT2D eigenvalue weighted by Crippen LogP contribution is 2.36. The summed E-state index contributed by atoms with van der Waals surface area (Å²) in [5, 5.41) is 11.8. The number of nitrogens with zero attached hydrogens (tertiary/aromatic N) is 9. The van der Waals surface area contributed by atoms with Gasteiger partial charge in [0, 0.05) is 116 Å². The molecule has 17 heteroatoms. The van der Waals surface area contributed by atoms with Crippen LogP contribution in [0.5, 0.6) is 0 Å². The van der Waals surface area contributed by atoms with Gasteiger partial charge in [0.2, 0.25) is 17.7 Å². The molecule has 0 aliphatic carbocycles. The van der Waals surface area contributed by atoms with Gasteiger partial charge >= 0.3 is 0 Å². The number of aryl methyl sites for hydroxylation is 2. The van der Waals surface area contributed by atoms with Crippen molar-refractivity contribution in [3.05, 3.63) is 88.8 Å². The van der Waals surface area contributed by atoms with Gasteiger partial charge in [-0.15, -0.1) is 0 Å². The van der Waals surface area contributed by atoms with Crippen molar-refractivity contribution >= 4 is 51.7 Å². The molecule has 326 valence electrons. The normalized spacial score (nSPS) is 20.3. The van der Waals surface area contributed by atoms with E-state index in [0.717, 1.165) is 56.4 Å². The number of fused-ring (bicyclic) bond motifs is 3. The van der Waals surface area contributed by atoms with Gasteiger partial charge in [0.15, 0.2) is 11.6 Å². The first kappa shape index (κ1) is 40.7. The summed E-state index contributed by atoms with van der Waals surface area (Å²) in [5.41, 5.74) is 3.83. The summed E-state index contributed by atoms with van der Waals surface area (Å²) in [4.78, 5) is 72.1. The van der Waals surface area contributed by atoms with E-state index in [0.29, 0.717) is 82.9 Å². The Bertz CT molecular complexity index is 2670. The van der Waals surface area contributed by atoms with Crippen molar-refractivity contribution < 1.29 is 28.0 Å². The third-order valence-electron chi connectivity index (χ3n) is 13.6. The lowest BCUT2D eigenvalue weighted by molar-refractivity contribution is -0.137. The maximum atomic E-state index is 16.0. The number of carbonyl (C=O) groups excluding carboxylic acids is 4. The van der Waals surface area contributed by atoms with Crippen molar-refractivity contribution in [1.29, 1.82) is 0 Å². The smallest absolute Gasteiger partial charge is 0.255 e. The summed E-state index contributed by atoms with van der Waals surface area (Å²) in [7, 11) is 0. The third-order valence-corrected chi connectivity index (χ3v) is 13.6. The number of anilines is 3. The molecular formula is C46H49F2N11O4. The second kappa shape index (κ2) is 16.4. The predicted octanol–water partition coefficient (Wildman–Crippen LogP) is 5.05. The first-order chi connectivity index (χ1) is 30.4. The Morgan fingerprint density at radius 2 is 1.59 bits per heavy atom. The van der Waals surface area contributed by atoms with Crippen LogP contribution in [-0.4, -0.2) is 114 Å². The topological polar surface area (TPSA) is 162 Å². The van der Waals surface area contributed by atoms with E-state index in [4.69, 9.17) is 5.10 Å². The number of likely N-dealkylation sites (tertiary alicyclic amines) is 1. The van der Waals surface area contributed by atoms with Crippen LogP contribution in [0.3, 0.4) is 0 Å². The Morgan fingerprint density at radius 1 is 0.778 bits per heavy atom. The maximum absolute atomic E-state index is 16.0. The van der Waals surface area contributed by atoms with E-state index in [1.54, 1.807) is 42.2 Å². The van der Waals surface area contributed by atoms with Gasteiger partial charge < -0.3 is 24.9 Å². The fourth-order valence-corrected chi connectivity index (χ4v) is 10.2. The van der Waals surface area contributed by atoms with Crippen molar-refractivity contribution in [2.24, 2.45) is 5.92 Å². The second-order valence-corrected chi connectivity index (χ2v) is 17.6. The number of piperidine rings is 3. The highest BCUT2D eigenvalue weighted by molar-refractivity contribution is 6.05. The van der Waals surface area contributed by atoms with Gasteiger partial charge in [0.25, 0.3) is 5.91 Å². The largest absolute Gasteiger partial charge is 0.369 e. The lowest BCUT2D eigenvalue weighted by Crippen LogP contribution is -2.52. The summed E-state index contributed by atoms with van der Waals surface area (Å²) in [6.07, 6.45) is 8.01. The zero-order chi connectivity index (χ0) is 43.5. The highest BCUT2D eigenvalue weighted by atomic mass is 19.1. The van der Waals surface area contributed by atoms with Crippen molar-refractivity contribution in [2.45, 2.75) is 84.0 Å². The average Bonchev–Trinajstić information content (AvgIpc) is 3.76. The molecule has 2 aromatic carbocycles. The third kappa shape index (κ3) is 7.87. The minimum atomic E-state index is -0.780. The molecule has 0 bridgehead atoms. The van der Waals surface area contributed by atoms with Crippen LogP contribution >= 0.6 is 0 Å². The molecule has 0 spiro atoms. The number of amides is 4. The molecule has 3 aromatic heterocycles. The van der Waals surface area contributed by atoms with Crippen LogP contribution in [-0.2, 0) is 33.9 Å². The summed E-state index contributed by atoms with van der Waals surface area (Å²) in [5.74, 6) is 0.309. The van der Waals surface area contributed by atoms with Crippen molar-refractivity contribution in [3.63, 3.8) is 0 Å². The number of aromatic nitrogens is 5.